The van der Waals surface area contributed by atoms with E-state index in [1.807, 2.05) is 22.9 Å². The highest BCUT2D eigenvalue weighted by molar-refractivity contribution is 5.93. The molecule has 156 valence electrons. The lowest BCUT2D eigenvalue weighted by molar-refractivity contribution is -0.125. The lowest BCUT2D eigenvalue weighted by atomic mass is 9.85. The van der Waals surface area contributed by atoms with Crippen molar-refractivity contribution in [1.82, 2.24) is 30.4 Å². The lowest BCUT2D eigenvalue weighted by Gasteiger charge is -2.45. The molecule has 0 bridgehead atoms. The third-order valence-corrected chi connectivity index (χ3v) is 6.28. The second-order valence-electron chi connectivity index (χ2n) is 9.04. The zero-order valence-corrected chi connectivity index (χ0v) is 17.8. The Labute approximate surface area is 172 Å². The average Bonchev–Trinajstić information content (AvgIpc) is 3.31. The fourth-order valence-corrected chi connectivity index (χ4v) is 4.72. The van der Waals surface area contributed by atoms with E-state index < -0.39 is 5.54 Å². The van der Waals surface area contributed by atoms with Crippen molar-refractivity contribution >= 4 is 11.6 Å². The Morgan fingerprint density at radius 2 is 1.86 bits per heavy atom. The number of carbonyl (C=O) groups is 1. The Kier molecular flexibility index (Phi) is 5.06. The summed E-state index contributed by atoms with van der Waals surface area (Å²) in [6.45, 7) is 10.8. The van der Waals surface area contributed by atoms with Gasteiger partial charge in [0.1, 0.15) is 5.54 Å². The van der Waals surface area contributed by atoms with Gasteiger partial charge < -0.3 is 10.2 Å². The molecule has 0 radical (unpaired) electrons. The summed E-state index contributed by atoms with van der Waals surface area (Å²) in [6, 6.07) is 10.4. The summed E-state index contributed by atoms with van der Waals surface area (Å²) in [7, 11) is 0. The van der Waals surface area contributed by atoms with E-state index in [4.69, 9.17) is 0 Å². The maximum Gasteiger partial charge on any atom is 0.247 e. The summed E-state index contributed by atoms with van der Waals surface area (Å²) in [4.78, 5) is 17.6. The van der Waals surface area contributed by atoms with E-state index in [0.717, 1.165) is 43.9 Å². The van der Waals surface area contributed by atoms with Gasteiger partial charge in [-0.2, -0.15) is 0 Å². The maximum atomic E-state index is 12.9. The number of anilines is 1. The van der Waals surface area contributed by atoms with Crippen molar-refractivity contribution in [2.75, 3.05) is 24.7 Å². The van der Waals surface area contributed by atoms with Crippen LogP contribution in [0.15, 0.2) is 30.3 Å². The monoisotopic (exact) mass is 397 g/mol. The molecule has 4 rings (SSSR count). The van der Waals surface area contributed by atoms with Gasteiger partial charge in [0, 0.05) is 18.8 Å². The van der Waals surface area contributed by atoms with Crippen LogP contribution in [-0.4, -0.2) is 56.3 Å². The summed E-state index contributed by atoms with van der Waals surface area (Å²) in [6.07, 6.45) is 2.51. The molecule has 3 heterocycles. The van der Waals surface area contributed by atoms with Gasteiger partial charge in [-0.1, -0.05) is 25.1 Å². The van der Waals surface area contributed by atoms with E-state index in [1.54, 1.807) is 0 Å². The first-order valence-corrected chi connectivity index (χ1v) is 10.5. The van der Waals surface area contributed by atoms with Crippen LogP contribution in [0.5, 0.6) is 0 Å². The Hall–Kier alpha value is -2.48. The van der Waals surface area contributed by atoms with Crippen molar-refractivity contribution < 1.29 is 4.79 Å². The number of amides is 1. The van der Waals surface area contributed by atoms with E-state index in [-0.39, 0.29) is 17.5 Å². The van der Waals surface area contributed by atoms with Crippen LogP contribution in [0.3, 0.4) is 0 Å². The van der Waals surface area contributed by atoms with Gasteiger partial charge in [-0.25, -0.2) is 4.68 Å². The molecule has 1 N–H and O–H groups in total. The van der Waals surface area contributed by atoms with Crippen molar-refractivity contribution in [3.63, 3.8) is 0 Å². The van der Waals surface area contributed by atoms with Crippen molar-refractivity contribution in [2.45, 2.75) is 64.1 Å². The Bertz CT molecular complexity index is 849. The average molecular weight is 398 g/mol. The largest absolute Gasteiger partial charge is 0.339 e. The molecule has 1 amide bonds. The van der Waals surface area contributed by atoms with Crippen LogP contribution in [0.25, 0.3) is 0 Å². The minimum atomic E-state index is -0.466. The molecule has 2 aliphatic rings. The van der Waals surface area contributed by atoms with Crippen LogP contribution in [0, 0.1) is 0 Å². The van der Waals surface area contributed by atoms with E-state index >= 15 is 0 Å². The topological polar surface area (TPSA) is 79.2 Å². The first kappa shape index (κ1) is 19.8. The number of piperidine rings is 1. The molecule has 1 aromatic carbocycles. The third-order valence-electron chi connectivity index (χ3n) is 6.28. The van der Waals surface area contributed by atoms with Crippen LogP contribution in [-0.2, 0) is 10.3 Å². The van der Waals surface area contributed by atoms with Crippen LogP contribution >= 0.6 is 0 Å². The van der Waals surface area contributed by atoms with Crippen LogP contribution in [0.1, 0.15) is 58.8 Å². The van der Waals surface area contributed by atoms with Crippen LogP contribution in [0.2, 0.25) is 0 Å². The molecular weight excluding hydrogens is 366 g/mol. The number of aromatic nitrogens is 4. The van der Waals surface area contributed by atoms with E-state index in [1.165, 1.54) is 0 Å². The number of nitrogens with one attached hydrogen (secondary N) is 1. The summed E-state index contributed by atoms with van der Waals surface area (Å²) < 4.78 is 1.93. The quantitative estimate of drug-likeness (QED) is 0.853. The zero-order chi connectivity index (χ0) is 20.6. The first-order chi connectivity index (χ1) is 13.9. The molecular formula is C21H31N7O. The van der Waals surface area contributed by atoms with Gasteiger partial charge in [0.2, 0.25) is 5.91 Å². The number of tetrazole rings is 1. The molecule has 1 unspecified atom stereocenters. The summed E-state index contributed by atoms with van der Waals surface area (Å²) in [5.74, 6) is 1.06. The number of benzene rings is 1. The molecule has 2 fully saturated rings. The molecule has 0 saturated carbocycles. The summed E-state index contributed by atoms with van der Waals surface area (Å²) in [5.41, 5.74) is 0.466. The van der Waals surface area contributed by atoms with E-state index in [0.29, 0.717) is 6.67 Å². The van der Waals surface area contributed by atoms with Gasteiger partial charge >= 0.3 is 0 Å². The smallest absolute Gasteiger partial charge is 0.247 e. The standard InChI is InChI=1S/C21H31N7O/c1-5-17(18-23-24-25-28(18)20(2,3)4)26-13-11-21(12-14-26)19(29)22-15-27(21)16-9-7-6-8-10-16/h6-10,17H,5,11-15H2,1-4H3,(H,22,29). The fraction of sp³-hybridized carbons (Fsp3) is 0.619. The Balaban J connectivity index is 1.55. The van der Waals surface area contributed by atoms with Gasteiger partial charge in [-0.05, 0) is 62.6 Å². The summed E-state index contributed by atoms with van der Waals surface area (Å²) in [5, 5.41) is 15.6. The minimum absolute atomic E-state index is 0.147. The minimum Gasteiger partial charge on any atom is -0.339 e. The molecule has 2 saturated heterocycles. The number of likely N-dealkylation sites (tertiary alicyclic amines) is 1. The first-order valence-electron chi connectivity index (χ1n) is 10.5. The normalized spacial score (nSPS) is 20.8. The van der Waals surface area contributed by atoms with E-state index in [2.05, 4.69) is 70.5 Å². The molecule has 29 heavy (non-hydrogen) atoms. The molecule has 8 heteroatoms. The van der Waals surface area contributed by atoms with E-state index in [9.17, 15) is 4.79 Å². The molecule has 0 aliphatic carbocycles. The Morgan fingerprint density at radius 3 is 2.48 bits per heavy atom. The predicted molar refractivity (Wildman–Crippen MR) is 111 cm³/mol. The highest BCUT2D eigenvalue weighted by Gasteiger charge is 2.51. The molecule has 1 aromatic heterocycles. The second-order valence-corrected chi connectivity index (χ2v) is 9.04. The SMILES string of the molecule is CCC(c1nnnn1C(C)(C)C)N1CCC2(CC1)C(=O)NCN2c1ccccc1. The molecule has 2 aliphatic heterocycles. The molecule has 8 nitrogen and oxygen atoms in total. The zero-order valence-electron chi connectivity index (χ0n) is 17.8. The lowest BCUT2D eigenvalue weighted by Crippen LogP contribution is -2.57. The molecule has 1 spiro atoms. The number of hydrogen-bond acceptors (Lipinski definition) is 6. The van der Waals surface area contributed by atoms with Gasteiger partial charge in [-0.3, -0.25) is 9.69 Å². The number of rotatable bonds is 4. The van der Waals surface area contributed by atoms with Gasteiger partial charge in [0.15, 0.2) is 5.82 Å². The third kappa shape index (κ3) is 3.39. The maximum absolute atomic E-state index is 12.9. The molecule has 1 atom stereocenters. The highest BCUT2D eigenvalue weighted by atomic mass is 16.2. The van der Waals surface area contributed by atoms with Gasteiger partial charge in [0.25, 0.3) is 0 Å². The van der Waals surface area contributed by atoms with Gasteiger partial charge in [-0.15, -0.1) is 5.10 Å². The number of nitrogens with zero attached hydrogens (tertiary/aromatic N) is 6. The van der Waals surface area contributed by atoms with Crippen LogP contribution < -0.4 is 10.2 Å². The van der Waals surface area contributed by atoms with Crippen molar-refractivity contribution in [3.05, 3.63) is 36.2 Å². The van der Waals surface area contributed by atoms with Crippen molar-refractivity contribution in [1.29, 1.82) is 0 Å². The molecule has 2 aromatic rings. The second kappa shape index (κ2) is 7.40. The fourth-order valence-electron chi connectivity index (χ4n) is 4.72. The number of carbonyl (C=O) groups excluding carboxylic acids is 1. The number of hydrogen-bond donors (Lipinski definition) is 1. The predicted octanol–water partition coefficient (Wildman–Crippen LogP) is 2.31. The van der Waals surface area contributed by atoms with Crippen LogP contribution in [0.4, 0.5) is 5.69 Å². The van der Waals surface area contributed by atoms with Crippen molar-refractivity contribution in [2.24, 2.45) is 0 Å². The highest BCUT2D eigenvalue weighted by Crippen LogP contribution is 2.38. The number of para-hydroxylation sites is 1. The van der Waals surface area contributed by atoms with Gasteiger partial charge in [0.05, 0.1) is 18.2 Å². The summed E-state index contributed by atoms with van der Waals surface area (Å²) >= 11 is 0. The Morgan fingerprint density at radius 1 is 1.17 bits per heavy atom. The van der Waals surface area contributed by atoms with Crippen molar-refractivity contribution in [3.8, 4) is 0 Å².